The molecule has 8 heteroatoms. The van der Waals surface area contributed by atoms with Crippen molar-refractivity contribution in [3.63, 3.8) is 0 Å². The minimum absolute atomic E-state index is 0.00127. The van der Waals surface area contributed by atoms with Gasteiger partial charge in [-0.15, -0.1) is 0 Å². The van der Waals surface area contributed by atoms with Crippen LogP contribution in [0.25, 0.3) is 11.3 Å². The minimum atomic E-state index is -3.99. The molecule has 4 rings (SSSR count). The molecule has 0 saturated carbocycles. The average molecular weight is 456 g/mol. The quantitative estimate of drug-likeness (QED) is 0.586. The standard InChI is InChI=1S/C24H26FN3O3S/c1-17-14-23(20-10-4-5-11-21(20)25)28(16-17)32(30,31)19-9-6-8-18(15-19)27-13-7-12-22(27)24(29)26(2)3/h4-6,8-11,14-16,22H,7,12-13H2,1-3H3/t22-/m0/s1. The van der Waals surface area contributed by atoms with Gasteiger partial charge in [0.05, 0.1) is 10.6 Å². The predicted octanol–water partition coefficient (Wildman–Crippen LogP) is 3.90. The van der Waals surface area contributed by atoms with E-state index in [0.29, 0.717) is 17.8 Å². The third kappa shape index (κ3) is 3.90. The van der Waals surface area contributed by atoms with Crippen molar-refractivity contribution in [2.24, 2.45) is 0 Å². The van der Waals surface area contributed by atoms with Crippen LogP contribution in [0.4, 0.5) is 10.1 Å². The van der Waals surface area contributed by atoms with Crippen LogP contribution in [0.3, 0.4) is 0 Å². The molecule has 1 amide bonds. The highest BCUT2D eigenvalue weighted by Crippen LogP contribution is 2.32. The molecule has 0 bridgehead atoms. The van der Waals surface area contributed by atoms with Gasteiger partial charge < -0.3 is 9.80 Å². The summed E-state index contributed by atoms with van der Waals surface area (Å²) in [4.78, 5) is 16.2. The first-order valence-electron chi connectivity index (χ1n) is 10.5. The van der Waals surface area contributed by atoms with Crippen molar-refractivity contribution in [3.8, 4) is 11.3 Å². The van der Waals surface area contributed by atoms with Gasteiger partial charge in [-0.25, -0.2) is 16.8 Å². The van der Waals surface area contributed by atoms with Crippen LogP contribution in [0.1, 0.15) is 18.4 Å². The summed E-state index contributed by atoms with van der Waals surface area (Å²) in [5.74, 6) is -0.489. The zero-order valence-corrected chi connectivity index (χ0v) is 19.1. The van der Waals surface area contributed by atoms with E-state index in [9.17, 15) is 17.6 Å². The number of aromatic nitrogens is 1. The lowest BCUT2D eigenvalue weighted by molar-refractivity contribution is -0.129. The molecule has 1 aliphatic rings. The van der Waals surface area contributed by atoms with Gasteiger partial charge in [-0.1, -0.05) is 18.2 Å². The zero-order chi connectivity index (χ0) is 23.0. The normalized spacial score (nSPS) is 16.4. The molecule has 0 unspecified atom stereocenters. The molecule has 168 valence electrons. The van der Waals surface area contributed by atoms with Gasteiger partial charge in [-0.05, 0) is 61.7 Å². The van der Waals surface area contributed by atoms with Crippen LogP contribution in [0.2, 0.25) is 0 Å². The van der Waals surface area contributed by atoms with Gasteiger partial charge in [-0.3, -0.25) is 4.79 Å². The first-order chi connectivity index (χ1) is 15.2. The second-order valence-corrected chi connectivity index (χ2v) is 10.1. The number of amides is 1. The fraction of sp³-hybridized carbons (Fsp3) is 0.292. The summed E-state index contributed by atoms with van der Waals surface area (Å²) in [6.07, 6.45) is 3.08. The number of rotatable bonds is 5. The van der Waals surface area contributed by atoms with E-state index < -0.39 is 15.8 Å². The highest BCUT2D eigenvalue weighted by atomic mass is 32.2. The summed E-state index contributed by atoms with van der Waals surface area (Å²) in [6.45, 7) is 2.45. The molecular weight excluding hydrogens is 429 g/mol. The molecule has 2 aromatic carbocycles. The number of aryl methyl sites for hydroxylation is 1. The van der Waals surface area contributed by atoms with Gasteiger partial charge in [0.1, 0.15) is 11.9 Å². The lowest BCUT2D eigenvalue weighted by Gasteiger charge is -2.28. The largest absolute Gasteiger partial charge is 0.359 e. The van der Waals surface area contributed by atoms with E-state index in [1.807, 2.05) is 11.0 Å². The Labute approximate surface area is 187 Å². The Kier molecular flexibility index (Phi) is 5.81. The molecule has 1 saturated heterocycles. The van der Waals surface area contributed by atoms with Crippen LogP contribution in [0.5, 0.6) is 0 Å². The van der Waals surface area contributed by atoms with Crippen molar-refractivity contribution in [1.82, 2.24) is 8.87 Å². The Morgan fingerprint density at radius 1 is 1.09 bits per heavy atom. The van der Waals surface area contributed by atoms with Crippen LogP contribution >= 0.6 is 0 Å². The number of nitrogens with zero attached hydrogens (tertiary/aromatic N) is 3. The summed E-state index contributed by atoms with van der Waals surface area (Å²) in [5, 5.41) is 0. The Morgan fingerprint density at radius 3 is 2.56 bits per heavy atom. The number of carbonyl (C=O) groups is 1. The maximum absolute atomic E-state index is 14.5. The molecule has 6 nitrogen and oxygen atoms in total. The predicted molar refractivity (Wildman–Crippen MR) is 123 cm³/mol. The van der Waals surface area contributed by atoms with Gasteiger partial charge in [0.25, 0.3) is 10.0 Å². The molecule has 2 heterocycles. The monoisotopic (exact) mass is 455 g/mol. The summed E-state index contributed by atoms with van der Waals surface area (Å²) >= 11 is 0. The molecule has 0 radical (unpaired) electrons. The van der Waals surface area contributed by atoms with Gasteiger partial charge in [0.2, 0.25) is 5.91 Å². The Balaban J connectivity index is 1.76. The number of anilines is 1. The van der Waals surface area contributed by atoms with Gasteiger partial charge >= 0.3 is 0 Å². The molecule has 1 atom stereocenters. The smallest absolute Gasteiger partial charge is 0.268 e. The van der Waals surface area contributed by atoms with Gasteiger partial charge in [0.15, 0.2) is 0 Å². The fourth-order valence-electron chi connectivity index (χ4n) is 4.20. The topological polar surface area (TPSA) is 62.6 Å². The summed E-state index contributed by atoms with van der Waals surface area (Å²) in [6, 6.07) is 14.1. The van der Waals surface area contributed by atoms with Crippen LogP contribution in [0, 0.1) is 12.7 Å². The zero-order valence-electron chi connectivity index (χ0n) is 18.3. The first-order valence-corrected chi connectivity index (χ1v) is 11.9. The Morgan fingerprint density at radius 2 is 1.84 bits per heavy atom. The van der Waals surface area contributed by atoms with E-state index in [1.165, 1.54) is 18.3 Å². The average Bonchev–Trinajstić information content (AvgIpc) is 3.41. The SMILES string of the molecule is Cc1cc(-c2ccccc2F)n(S(=O)(=O)c2cccc(N3CCC[C@H]3C(=O)N(C)C)c2)c1. The van der Waals surface area contributed by atoms with Crippen molar-refractivity contribution in [2.45, 2.75) is 30.7 Å². The molecule has 1 fully saturated rings. The third-order valence-corrected chi connectivity index (χ3v) is 7.43. The molecule has 0 spiro atoms. The number of carbonyl (C=O) groups excluding carboxylic acids is 1. The second kappa shape index (κ2) is 8.43. The van der Waals surface area contributed by atoms with Gasteiger partial charge in [-0.2, -0.15) is 0 Å². The van der Waals surface area contributed by atoms with Crippen LogP contribution in [-0.4, -0.2) is 49.9 Å². The molecule has 0 N–H and O–H groups in total. The Hall–Kier alpha value is -3.13. The Bertz CT molecular complexity index is 1270. The molecule has 0 aliphatic carbocycles. The number of hydrogen-bond acceptors (Lipinski definition) is 4. The highest BCUT2D eigenvalue weighted by molar-refractivity contribution is 7.90. The molecule has 3 aromatic rings. The molecule has 32 heavy (non-hydrogen) atoms. The minimum Gasteiger partial charge on any atom is -0.359 e. The van der Waals surface area contributed by atoms with Crippen molar-refractivity contribution >= 4 is 21.6 Å². The van der Waals surface area contributed by atoms with E-state index in [0.717, 1.165) is 16.8 Å². The lowest BCUT2D eigenvalue weighted by atomic mass is 10.1. The number of halogens is 1. The highest BCUT2D eigenvalue weighted by Gasteiger charge is 2.32. The second-order valence-electron chi connectivity index (χ2n) is 8.26. The van der Waals surface area contributed by atoms with Crippen LogP contribution in [-0.2, 0) is 14.8 Å². The fourth-order valence-corrected chi connectivity index (χ4v) is 5.66. The van der Waals surface area contributed by atoms with E-state index >= 15 is 0 Å². The molecular formula is C24H26FN3O3S. The summed E-state index contributed by atoms with van der Waals surface area (Å²) < 4.78 is 42.8. The van der Waals surface area contributed by atoms with E-state index in [4.69, 9.17) is 0 Å². The summed E-state index contributed by atoms with van der Waals surface area (Å²) in [7, 11) is -0.551. The molecule has 1 aromatic heterocycles. The van der Waals surface area contributed by atoms with Crippen molar-refractivity contribution in [1.29, 1.82) is 0 Å². The first kappa shape index (κ1) is 22.1. The number of likely N-dealkylation sites (N-methyl/N-ethyl adjacent to an activating group) is 1. The van der Waals surface area contributed by atoms with Crippen LogP contribution < -0.4 is 4.90 Å². The van der Waals surface area contributed by atoms with Crippen molar-refractivity contribution < 1.29 is 17.6 Å². The molecule has 1 aliphatic heterocycles. The summed E-state index contributed by atoms with van der Waals surface area (Å²) in [5.41, 5.74) is 1.88. The van der Waals surface area contributed by atoms with E-state index in [-0.39, 0.29) is 28.1 Å². The number of hydrogen-bond donors (Lipinski definition) is 0. The van der Waals surface area contributed by atoms with Crippen molar-refractivity contribution in [2.75, 3.05) is 25.5 Å². The van der Waals surface area contributed by atoms with Crippen molar-refractivity contribution in [3.05, 3.63) is 72.2 Å². The maximum Gasteiger partial charge on any atom is 0.268 e. The number of benzene rings is 2. The van der Waals surface area contributed by atoms with E-state index in [1.54, 1.807) is 62.3 Å². The van der Waals surface area contributed by atoms with E-state index in [2.05, 4.69) is 0 Å². The third-order valence-electron chi connectivity index (χ3n) is 5.76. The lowest BCUT2D eigenvalue weighted by Crippen LogP contribution is -2.42. The van der Waals surface area contributed by atoms with Crippen LogP contribution in [0.15, 0.2) is 65.7 Å². The van der Waals surface area contributed by atoms with Gasteiger partial charge in [0, 0.05) is 38.1 Å². The maximum atomic E-state index is 14.5.